The first-order valence-electron chi connectivity index (χ1n) is 9.03. The Kier molecular flexibility index (Phi) is 7.32. The van der Waals surface area contributed by atoms with Crippen molar-refractivity contribution < 1.29 is 9.53 Å². The molecule has 3 rings (SSSR count). The van der Waals surface area contributed by atoms with E-state index < -0.39 is 5.97 Å². The van der Waals surface area contributed by atoms with Crippen LogP contribution in [0.3, 0.4) is 0 Å². The third-order valence-electron chi connectivity index (χ3n) is 4.25. The number of fused-ring (bicyclic) bond motifs is 1. The highest BCUT2D eigenvalue weighted by Crippen LogP contribution is 2.31. The van der Waals surface area contributed by atoms with Gasteiger partial charge in [0.15, 0.2) is 0 Å². The summed E-state index contributed by atoms with van der Waals surface area (Å²) in [4.78, 5) is 16.8. The maximum atomic E-state index is 12.1. The first-order chi connectivity index (χ1) is 14.0. The monoisotopic (exact) mass is 445 g/mol. The largest absolute Gasteiger partial charge is 0.462 e. The summed E-state index contributed by atoms with van der Waals surface area (Å²) >= 11 is 18.3. The minimum atomic E-state index is -0.399. The van der Waals surface area contributed by atoms with Crippen molar-refractivity contribution in [1.82, 2.24) is 4.98 Å². The molecular formula is C23H18Cl3NO2. The molecule has 1 aromatic heterocycles. The molecule has 0 saturated heterocycles. The molecule has 0 aliphatic rings. The summed E-state index contributed by atoms with van der Waals surface area (Å²) in [6, 6.07) is 15.0. The van der Waals surface area contributed by atoms with Crippen LogP contribution >= 0.6 is 34.8 Å². The highest BCUT2D eigenvalue weighted by atomic mass is 35.5. The minimum absolute atomic E-state index is 0.152. The number of nitrogens with zero attached hydrogens (tertiary/aromatic N) is 1. The first kappa shape index (κ1) is 21.4. The van der Waals surface area contributed by atoms with Gasteiger partial charge in [-0.2, -0.15) is 0 Å². The summed E-state index contributed by atoms with van der Waals surface area (Å²) in [7, 11) is 0. The average molecular weight is 447 g/mol. The van der Waals surface area contributed by atoms with Crippen LogP contribution in [0.1, 0.15) is 34.1 Å². The van der Waals surface area contributed by atoms with Crippen molar-refractivity contribution in [3.05, 3.63) is 86.5 Å². The van der Waals surface area contributed by atoms with Crippen molar-refractivity contribution in [2.75, 3.05) is 6.61 Å². The van der Waals surface area contributed by atoms with Gasteiger partial charge in [0.05, 0.1) is 28.4 Å². The number of halogens is 3. The lowest BCUT2D eigenvalue weighted by Gasteiger charge is -2.11. The Morgan fingerprint density at radius 2 is 1.86 bits per heavy atom. The van der Waals surface area contributed by atoms with Crippen molar-refractivity contribution in [3.8, 4) is 0 Å². The quantitative estimate of drug-likeness (QED) is 0.379. The average Bonchev–Trinajstić information content (AvgIpc) is 2.72. The molecule has 148 valence electrons. The Balaban J connectivity index is 2.12. The molecule has 3 aromatic rings. The van der Waals surface area contributed by atoms with Gasteiger partial charge < -0.3 is 4.74 Å². The van der Waals surface area contributed by atoms with E-state index in [1.165, 1.54) is 0 Å². The van der Waals surface area contributed by atoms with Crippen molar-refractivity contribution in [2.24, 2.45) is 0 Å². The molecule has 0 spiro atoms. The molecule has 6 heteroatoms. The zero-order valence-electron chi connectivity index (χ0n) is 15.7. The van der Waals surface area contributed by atoms with Gasteiger partial charge in [-0.15, -0.1) is 0 Å². The summed E-state index contributed by atoms with van der Waals surface area (Å²) in [6.07, 6.45) is 5.94. The topological polar surface area (TPSA) is 39.2 Å². The van der Waals surface area contributed by atoms with E-state index >= 15 is 0 Å². The Morgan fingerprint density at radius 3 is 2.55 bits per heavy atom. The van der Waals surface area contributed by atoms with E-state index in [9.17, 15) is 4.79 Å². The van der Waals surface area contributed by atoms with Gasteiger partial charge >= 0.3 is 5.97 Å². The molecule has 0 amide bonds. The standard InChI is InChI=1S/C23H18Cl3NO2/c1-2-29-23(28)16-9-12-20-18(14-16)22(26)17(10-13-21(24)25)19(27-20)11-8-15-6-4-3-5-7-15/h3-9,11-14H,2,10H2,1H3/b11-8+. The maximum Gasteiger partial charge on any atom is 0.338 e. The van der Waals surface area contributed by atoms with Crippen LogP contribution in [0.5, 0.6) is 0 Å². The number of benzene rings is 2. The molecule has 2 aromatic carbocycles. The summed E-state index contributed by atoms with van der Waals surface area (Å²) in [6.45, 7) is 2.06. The molecule has 0 bridgehead atoms. The van der Waals surface area contributed by atoms with Crippen molar-refractivity contribution in [3.63, 3.8) is 0 Å². The zero-order chi connectivity index (χ0) is 20.8. The van der Waals surface area contributed by atoms with E-state index in [1.807, 2.05) is 42.5 Å². The molecule has 0 radical (unpaired) electrons. The zero-order valence-corrected chi connectivity index (χ0v) is 17.9. The second-order valence-corrected chi connectivity index (χ2v) is 7.57. The molecule has 0 N–H and O–H groups in total. The lowest BCUT2D eigenvalue weighted by atomic mass is 10.0. The number of esters is 1. The second-order valence-electron chi connectivity index (χ2n) is 6.18. The van der Waals surface area contributed by atoms with Crippen molar-refractivity contribution in [2.45, 2.75) is 13.3 Å². The van der Waals surface area contributed by atoms with Crippen LogP contribution in [-0.4, -0.2) is 17.6 Å². The summed E-state index contributed by atoms with van der Waals surface area (Å²) < 4.78 is 5.23. The predicted octanol–water partition coefficient (Wildman–Crippen LogP) is 7.10. The number of carbonyl (C=O) groups is 1. The molecule has 0 unspecified atom stereocenters. The highest BCUT2D eigenvalue weighted by Gasteiger charge is 2.15. The number of ether oxygens (including phenoxy) is 1. The molecular weight excluding hydrogens is 429 g/mol. The van der Waals surface area contributed by atoms with Crippen LogP contribution in [-0.2, 0) is 11.2 Å². The first-order valence-corrected chi connectivity index (χ1v) is 10.2. The number of aromatic nitrogens is 1. The van der Waals surface area contributed by atoms with Gasteiger partial charge in [-0.05, 0) is 49.3 Å². The third kappa shape index (κ3) is 5.39. The molecule has 0 fully saturated rings. The van der Waals surface area contributed by atoms with Crippen LogP contribution < -0.4 is 0 Å². The highest BCUT2D eigenvalue weighted by molar-refractivity contribution is 6.55. The summed E-state index contributed by atoms with van der Waals surface area (Å²) in [5.74, 6) is -0.399. The number of carbonyl (C=O) groups excluding carboxylic acids is 1. The fourth-order valence-electron chi connectivity index (χ4n) is 2.87. The summed E-state index contributed by atoms with van der Waals surface area (Å²) in [5.41, 5.74) is 3.63. The van der Waals surface area contributed by atoms with Crippen LogP contribution in [0.25, 0.3) is 23.1 Å². The Labute approximate surface area is 184 Å². The maximum absolute atomic E-state index is 12.1. The van der Waals surface area contributed by atoms with Gasteiger partial charge in [-0.25, -0.2) is 9.78 Å². The van der Waals surface area contributed by atoms with E-state index in [-0.39, 0.29) is 4.49 Å². The van der Waals surface area contributed by atoms with Gasteiger partial charge in [0.25, 0.3) is 0 Å². The molecule has 0 aliphatic heterocycles. The lowest BCUT2D eigenvalue weighted by molar-refractivity contribution is 0.0526. The van der Waals surface area contributed by atoms with E-state index in [1.54, 1.807) is 31.2 Å². The van der Waals surface area contributed by atoms with Gasteiger partial charge in [0.1, 0.15) is 4.49 Å². The number of pyridine rings is 1. The van der Waals surface area contributed by atoms with Crippen molar-refractivity contribution in [1.29, 1.82) is 0 Å². The number of rotatable bonds is 6. The molecule has 29 heavy (non-hydrogen) atoms. The minimum Gasteiger partial charge on any atom is -0.462 e. The SMILES string of the molecule is CCOC(=O)c1ccc2nc(/C=C/c3ccccc3)c(CC=C(Cl)Cl)c(Cl)c2c1. The Hall–Kier alpha value is -2.33. The number of hydrogen-bond acceptors (Lipinski definition) is 3. The Morgan fingerprint density at radius 1 is 1.10 bits per heavy atom. The smallest absolute Gasteiger partial charge is 0.338 e. The van der Waals surface area contributed by atoms with E-state index in [2.05, 4.69) is 0 Å². The normalized spacial score (nSPS) is 11.0. The fourth-order valence-corrected chi connectivity index (χ4v) is 3.35. The number of hydrogen-bond donors (Lipinski definition) is 0. The van der Waals surface area contributed by atoms with Crippen LogP contribution in [0.2, 0.25) is 5.02 Å². The van der Waals surface area contributed by atoms with Crippen LogP contribution in [0, 0.1) is 0 Å². The van der Waals surface area contributed by atoms with E-state index in [0.29, 0.717) is 40.2 Å². The molecule has 1 heterocycles. The fraction of sp³-hybridized carbons (Fsp3) is 0.130. The molecule has 0 atom stereocenters. The predicted molar refractivity (Wildman–Crippen MR) is 122 cm³/mol. The Bertz CT molecular complexity index is 1090. The molecule has 0 aliphatic carbocycles. The third-order valence-corrected chi connectivity index (χ3v) is 4.99. The number of allylic oxidation sites excluding steroid dienone is 1. The van der Waals surface area contributed by atoms with E-state index in [0.717, 1.165) is 11.1 Å². The van der Waals surface area contributed by atoms with Gasteiger partial charge in [-0.1, -0.05) is 71.2 Å². The lowest BCUT2D eigenvalue weighted by Crippen LogP contribution is -2.05. The molecule has 0 saturated carbocycles. The van der Waals surface area contributed by atoms with Crippen LogP contribution in [0.15, 0.2) is 59.1 Å². The van der Waals surface area contributed by atoms with Crippen LogP contribution in [0.4, 0.5) is 0 Å². The van der Waals surface area contributed by atoms with Gasteiger partial charge in [0, 0.05) is 10.9 Å². The van der Waals surface area contributed by atoms with Gasteiger partial charge in [-0.3, -0.25) is 0 Å². The van der Waals surface area contributed by atoms with Crippen molar-refractivity contribution >= 4 is 63.8 Å². The second kappa shape index (κ2) is 9.93. The van der Waals surface area contributed by atoms with Gasteiger partial charge in [0.2, 0.25) is 0 Å². The van der Waals surface area contributed by atoms with E-state index in [4.69, 9.17) is 44.5 Å². The summed E-state index contributed by atoms with van der Waals surface area (Å²) in [5, 5.41) is 1.17. The molecule has 3 nitrogen and oxygen atoms in total.